The molecule has 0 radical (unpaired) electrons. The molecule has 0 bridgehead atoms. The van der Waals surface area contributed by atoms with Crippen LogP contribution in [0.4, 0.5) is 11.4 Å². The summed E-state index contributed by atoms with van der Waals surface area (Å²) in [7, 11) is 1.59. The molecular formula is C23H22N4O4. The number of anilines is 2. The third-order valence-corrected chi connectivity index (χ3v) is 5.79. The second-order valence-electron chi connectivity index (χ2n) is 7.38. The smallest absolute Gasteiger partial charge is 0.254 e. The van der Waals surface area contributed by atoms with Crippen molar-refractivity contribution >= 4 is 28.2 Å². The molecule has 0 atom stereocenters. The molecule has 1 aromatic heterocycles. The minimum atomic E-state index is -0.830. The van der Waals surface area contributed by atoms with E-state index in [1.54, 1.807) is 7.11 Å². The summed E-state index contributed by atoms with van der Waals surface area (Å²) in [5, 5.41) is 22.9. The van der Waals surface area contributed by atoms with Gasteiger partial charge in [0.05, 0.1) is 29.3 Å². The van der Waals surface area contributed by atoms with E-state index in [2.05, 4.69) is 16.4 Å². The number of fused-ring (bicyclic) bond motifs is 1. The minimum absolute atomic E-state index is 0.419. The highest BCUT2D eigenvalue weighted by molar-refractivity contribution is 5.96. The number of benzene rings is 2. The van der Waals surface area contributed by atoms with Crippen LogP contribution in [-0.2, 0) is 14.9 Å². The first-order valence-corrected chi connectivity index (χ1v) is 9.88. The molecule has 0 unspecified atom stereocenters. The quantitative estimate of drug-likeness (QED) is 0.429. The Bertz CT molecular complexity index is 1150. The zero-order valence-corrected chi connectivity index (χ0v) is 17.0. The van der Waals surface area contributed by atoms with Crippen molar-refractivity contribution < 1.29 is 19.5 Å². The van der Waals surface area contributed by atoms with Crippen LogP contribution in [0.5, 0.6) is 5.75 Å². The van der Waals surface area contributed by atoms with E-state index in [1.165, 1.54) is 6.20 Å². The molecule has 1 saturated heterocycles. The summed E-state index contributed by atoms with van der Waals surface area (Å²) < 4.78 is 10.7. The predicted molar refractivity (Wildman–Crippen MR) is 114 cm³/mol. The Morgan fingerprint density at radius 2 is 1.97 bits per heavy atom. The molecule has 1 fully saturated rings. The maximum absolute atomic E-state index is 12.5. The van der Waals surface area contributed by atoms with Crippen LogP contribution in [0, 0.1) is 11.3 Å². The van der Waals surface area contributed by atoms with Crippen LogP contribution in [0.15, 0.2) is 48.7 Å². The van der Waals surface area contributed by atoms with E-state index < -0.39 is 11.3 Å². The Labute approximate surface area is 179 Å². The lowest BCUT2D eigenvalue weighted by atomic mass is 9.73. The third-order valence-electron chi connectivity index (χ3n) is 5.79. The number of ether oxygens (including phenoxy) is 2. The van der Waals surface area contributed by atoms with Gasteiger partial charge in [-0.3, -0.25) is 15.0 Å². The Morgan fingerprint density at radius 1 is 1.23 bits per heavy atom. The summed E-state index contributed by atoms with van der Waals surface area (Å²) in [5.74, 6) is 0.251. The van der Waals surface area contributed by atoms with Gasteiger partial charge in [-0.05, 0) is 42.7 Å². The Kier molecular flexibility index (Phi) is 5.71. The first-order chi connectivity index (χ1) is 15.1. The number of amides is 1. The molecule has 158 valence electrons. The van der Waals surface area contributed by atoms with Crippen molar-refractivity contribution in [2.75, 3.05) is 25.6 Å². The van der Waals surface area contributed by atoms with Crippen molar-refractivity contribution in [3.8, 4) is 11.8 Å². The third kappa shape index (κ3) is 3.77. The lowest BCUT2D eigenvalue weighted by molar-refractivity contribution is -0.139. The van der Waals surface area contributed by atoms with Crippen LogP contribution >= 0.6 is 0 Å². The van der Waals surface area contributed by atoms with E-state index in [0.717, 1.165) is 16.6 Å². The zero-order valence-electron chi connectivity index (χ0n) is 17.0. The number of hydroxylamine groups is 1. The molecule has 1 aliphatic rings. The van der Waals surface area contributed by atoms with E-state index in [9.17, 15) is 15.3 Å². The Morgan fingerprint density at radius 3 is 2.61 bits per heavy atom. The molecular weight excluding hydrogens is 396 g/mol. The zero-order chi connectivity index (χ0) is 21.8. The minimum Gasteiger partial charge on any atom is -0.497 e. The summed E-state index contributed by atoms with van der Waals surface area (Å²) in [6.45, 7) is 0.900. The molecule has 3 N–H and O–H groups in total. The van der Waals surface area contributed by atoms with Gasteiger partial charge in [-0.2, -0.15) is 5.26 Å². The van der Waals surface area contributed by atoms with Crippen molar-refractivity contribution in [2.24, 2.45) is 0 Å². The summed E-state index contributed by atoms with van der Waals surface area (Å²) >= 11 is 0. The maximum atomic E-state index is 12.5. The fourth-order valence-electron chi connectivity index (χ4n) is 4.01. The van der Waals surface area contributed by atoms with Crippen LogP contribution in [-0.4, -0.2) is 36.4 Å². The number of hydrogen-bond donors (Lipinski definition) is 3. The number of nitriles is 1. The van der Waals surface area contributed by atoms with Crippen LogP contribution in [0.1, 0.15) is 24.0 Å². The van der Waals surface area contributed by atoms with E-state index in [1.807, 2.05) is 47.9 Å². The monoisotopic (exact) mass is 418 g/mol. The number of aromatic nitrogens is 1. The first kappa shape index (κ1) is 20.6. The second-order valence-corrected chi connectivity index (χ2v) is 7.38. The number of rotatable bonds is 5. The second kappa shape index (κ2) is 8.60. The van der Waals surface area contributed by atoms with Gasteiger partial charge in [-0.1, -0.05) is 12.1 Å². The van der Waals surface area contributed by atoms with Gasteiger partial charge in [0.15, 0.2) is 0 Å². The number of carbonyl (C=O) groups is 1. The average molecular weight is 418 g/mol. The van der Waals surface area contributed by atoms with Crippen LogP contribution < -0.4 is 15.5 Å². The van der Waals surface area contributed by atoms with Crippen LogP contribution in [0.2, 0.25) is 0 Å². The fraction of sp³-hybridized carbons (Fsp3) is 0.261. The summed E-state index contributed by atoms with van der Waals surface area (Å²) in [6, 6.07) is 15.1. The highest BCUT2D eigenvalue weighted by atomic mass is 16.5. The highest BCUT2D eigenvalue weighted by Gasteiger charge is 2.41. The number of nitrogens with one attached hydrogen (secondary N) is 2. The van der Waals surface area contributed by atoms with E-state index in [4.69, 9.17) is 9.47 Å². The molecule has 3 aromatic rings. The van der Waals surface area contributed by atoms with Crippen molar-refractivity contribution in [2.45, 2.75) is 18.3 Å². The SMILES string of the molecule is COc1ccc2c(Nc3ccc(C4(C(=O)NO)CCOCC4)cc3)c(C#N)cnc2c1. The van der Waals surface area contributed by atoms with E-state index in [-0.39, 0.29) is 0 Å². The maximum Gasteiger partial charge on any atom is 0.254 e. The Hall–Kier alpha value is -3.67. The van der Waals surface area contributed by atoms with Crippen molar-refractivity contribution in [3.05, 3.63) is 59.8 Å². The van der Waals surface area contributed by atoms with Gasteiger partial charge < -0.3 is 14.8 Å². The topological polar surface area (TPSA) is 117 Å². The molecule has 0 saturated carbocycles. The van der Waals surface area contributed by atoms with E-state index >= 15 is 0 Å². The molecule has 2 heterocycles. The molecule has 1 amide bonds. The molecule has 8 heteroatoms. The Balaban J connectivity index is 1.69. The summed E-state index contributed by atoms with van der Waals surface area (Å²) in [6.07, 6.45) is 2.50. The standard InChI is InChI=1S/C23H22N4O4/c1-30-18-6-7-19-20(12-18)25-14-15(13-24)21(19)26-17-4-2-16(3-5-17)23(22(28)27-29)8-10-31-11-9-23/h2-7,12,14,29H,8-11H2,1H3,(H,25,26)(H,27,28). The number of methoxy groups -OCH3 is 1. The number of carbonyl (C=O) groups excluding carboxylic acids is 1. The van der Waals surface area contributed by atoms with Gasteiger partial charge >= 0.3 is 0 Å². The highest BCUT2D eigenvalue weighted by Crippen LogP contribution is 2.37. The van der Waals surface area contributed by atoms with Crippen LogP contribution in [0.3, 0.4) is 0 Å². The number of pyridine rings is 1. The van der Waals surface area contributed by atoms with Gasteiger partial charge in [0.25, 0.3) is 5.91 Å². The van der Waals surface area contributed by atoms with Gasteiger partial charge in [0.2, 0.25) is 0 Å². The van der Waals surface area contributed by atoms with Gasteiger partial charge in [-0.25, -0.2) is 5.48 Å². The number of nitrogens with zero attached hydrogens (tertiary/aromatic N) is 2. The molecule has 1 aliphatic heterocycles. The van der Waals surface area contributed by atoms with E-state index in [0.29, 0.717) is 48.6 Å². The van der Waals surface area contributed by atoms with Crippen molar-refractivity contribution in [3.63, 3.8) is 0 Å². The largest absolute Gasteiger partial charge is 0.497 e. The lowest BCUT2D eigenvalue weighted by Gasteiger charge is -2.35. The van der Waals surface area contributed by atoms with Gasteiger partial charge in [0, 0.05) is 36.6 Å². The normalized spacial score (nSPS) is 15.1. The molecule has 8 nitrogen and oxygen atoms in total. The molecule has 31 heavy (non-hydrogen) atoms. The predicted octanol–water partition coefficient (Wildman–Crippen LogP) is 3.41. The van der Waals surface area contributed by atoms with Crippen molar-refractivity contribution in [1.82, 2.24) is 10.5 Å². The van der Waals surface area contributed by atoms with Gasteiger partial charge in [-0.15, -0.1) is 0 Å². The molecule has 0 aliphatic carbocycles. The summed E-state index contributed by atoms with van der Waals surface area (Å²) in [5.41, 5.74) is 4.32. The lowest BCUT2D eigenvalue weighted by Crippen LogP contribution is -2.47. The van der Waals surface area contributed by atoms with Crippen LogP contribution in [0.25, 0.3) is 10.9 Å². The fourth-order valence-corrected chi connectivity index (χ4v) is 4.01. The molecule has 0 spiro atoms. The van der Waals surface area contributed by atoms with Crippen molar-refractivity contribution in [1.29, 1.82) is 5.26 Å². The average Bonchev–Trinajstić information content (AvgIpc) is 2.84. The van der Waals surface area contributed by atoms with Gasteiger partial charge in [0.1, 0.15) is 11.8 Å². The molecule has 4 rings (SSSR count). The summed E-state index contributed by atoms with van der Waals surface area (Å²) in [4.78, 5) is 16.8. The number of hydrogen-bond acceptors (Lipinski definition) is 7. The molecule has 2 aromatic carbocycles. The first-order valence-electron chi connectivity index (χ1n) is 9.88.